The summed E-state index contributed by atoms with van der Waals surface area (Å²) in [6.45, 7) is -0.935. The summed E-state index contributed by atoms with van der Waals surface area (Å²) in [7, 11) is -11.4. The van der Waals surface area contributed by atoms with Crippen molar-refractivity contribution in [1.29, 1.82) is 0 Å². The second kappa shape index (κ2) is 8.17. The maximum atomic E-state index is 11.3. The first-order valence-corrected chi connectivity index (χ1v) is 11.8. The molecule has 1 aliphatic heterocycles. The zero-order chi connectivity index (χ0) is 21.6. The van der Waals surface area contributed by atoms with Crippen LogP contribution in [-0.4, -0.2) is 60.9 Å². The molecule has 0 aliphatic carbocycles. The van der Waals surface area contributed by atoms with Gasteiger partial charge in [0.25, 0.3) is 7.82 Å². The first kappa shape index (κ1) is 22.5. The second-order valence-corrected chi connectivity index (χ2v) is 9.21. The number of nitrogen functional groups attached to an aromatic ring is 1. The Balaban J connectivity index is 1.80. The molecule has 1 fully saturated rings. The molecule has 0 amide bonds. The highest BCUT2D eigenvalue weighted by atomic mass is 32.2. The standard InChI is InChI=1S/C11H17N5O10P2S/c1-29-11-14-8(12)5-9(15-11)16(3-13-5)10-7(18)6(17)4(25-10)2-24-28(22,23)26-27(19,20)21/h3-4,6-7,10,17-18H,2H2,1H3,(H,22,23)(H2,12,14,15)(H2,19,20,21)/p-3/t4-,6+,7?,10-/m1/s1. The topological polar surface area (TPSA) is 241 Å². The molecule has 2 aromatic rings. The van der Waals surface area contributed by atoms with E-state index in [2.05, 4.69) is 23.8 Å². The van der Waals surface area contributed by atoms with Crippen LogP contribution in [0.25, 0.3) is 11.2 Å². The van der Waals surface area contributed by atoms with Gasteiger partial charge in [-0.05, 0) is 6.26 Å². The number of phosphoric ester groups is 1. The number of thioether (sulfide) groups is 1. The van der Waals surface area contributed by atoms with Crippen molar-refractivity contribution in [2.45, 2.75) is 29.7 Å². The number of nitrogens with zero attached hydrogens (tertiary/aromatic N) is 4. The fraction of sp³-hybridized carbons (Fsp3) is 0.545. The summed E-state index contributed by atoms with van der Waals surface area (Å²) in [5, 5.41) is 20.7. The molecule has 4 N–H and O–H groups in total. The molecule has 0 bridgehead atoms. The van der Waals surface area contributed by atoms with Crippen molar-refractivity contribution in [3.05, 3.63) is 6.33 Å². The highest BCUT2D eigenvalue weighted by molar-refractivity contribution is 7.98. The lowest BCUT2D eigenvalue weighted by atomic mass is 10.1. The third-order valence-corrected chi connectivity index (χ3v) is 6.43. The molecule has 18 heteroatoms. The van der Waals surface area contributed by atoms with Crippen LogP contribution in [0.15, 0.2) is 11.5 Å². The number of aliphatic hydroxyl groups excluding tert-OH is 2. The van der Waals surface area contributed by atoms with E-state index in [1.807, 2.05) is 0 Å². The van der Waals surface area contributed by atoms with E-state index in [4.69, 9.17) is 10.5 Å². The molecule has 29 heavy (non-hydrogen) atoms. The van der Waals surface area contributed by atoms with Gasteiger partial charge < -0.3 is 44.5 Å². The molecule has 3 rings (SSSR count). The molecule has 3 heterocycles. The van der Waals surface area contributed by atoms with Crippen LogP contribution in [0.1, 0.15) is 6.23 Å². The Bertz CT molecular complexity index is 1000. The van der Waals surface area contributed by atoms with Crippen LogP contribution < -0.4 is 20.4 Å². The SMILES string of the molecule is CSc1nc(N)c2ncn([C@@H]3O[C@H](COP(=O)([O-])OP(=O)([O-])[O-])[C@H](O)C3O)c2n1. The smallest absolute Gasteiger partial charge is 0.271 e. The monoisotopic (exact) mass is 470 g/mol. The maximum Gasteiger partial charge on any atom is 0.271 e. The van der Waals surface area contributed by atoms with E-state index in [0.29, 0.717) is 5.16 Å². The van der Waals surface area contributed by atoms with E-state index in [-0.39, 0.29) is 17.0 Å². The molecule has 15 nitrogen and oxygen atoms in total. The van der Waals surface area contributed by atoms with Crippen molar-refractivity contribution in [1.82, 2.24) is 19.5 Å². The van der Waals surface area contributed by atoms with E-state index >= 15 is 0 Å². The number of hydrogen-bond donors (Lipinski definition) is 3. The maximum absolute atomic E-state index is 11.3. The van der Waals surface area contributed by atoms with Crippen molar-refractivity contribution in [3.8, 4) is 0 Å². The van der Waals surface area contributed by atoms with Crippen molar-refractivity contribution < 1.29 is 47.6 Å². The van der Waals surface area contributed by atoms with Gasteiger partial charge in [-0.2, -0.15) is 0 Å². The van der Waals surface area contributed by atoms with Gasteiger partial charge in [0.2, 0.25) is 0 Å². The number of fused-ring (bicyclic) bond motifs is 1. The number of aromatic nitrogens is 4. The number of anilines is 1. The average molecular weight is 470 g/mol. The molecular weight excluding hydrogens is 456 g/mol. The van der Waals surface area contributed by atoms with Crippen molar-refractivity contribution in [2.24, 2.45) is 0 Å². The van der Waals surface area contributed by atoms with Crippen LogP contribution in [0.3, 0.4) is 0 Å². The third kappa shape index (κ3) is 4.95. The van der Waals surface area contributed by atoms with Gasteiger partial charge in [-0.3, -0.25) is 13.4 Å². The number of rotatable bonds is 7. The Morgan fingerprint density at radius 3 is 2.62 bits per heavy atom. The van der Waals surface area contributed by atoms with Crippen LogP contribution in [0.5, 0.6) is 0 Å². The first-order valence-electron chi connectivity index (χ1n) is 7.66. The molecular formula is C11H14N5O10P2S-3. The molecule has 2 aromatic heterocycles. The molecule has 5 atom stereocenters. The lowest BCUT2D eigenvalue weighted by Crippen LogP contribution is -2.34. The lowest BCUT2D eigenvalue weighted by molar-refractivity contribution is -0.339. The minimum Gasteiger partial charge on any atom is -0.790 e. The minimum atomic E-state index is -5.86. The summed E-state index contributed by atoms with van der Waals surface area (Å²) in [4.78, 5) is 44.5. The third-order valence-electron chi connectivity index (χ3n) is 3.82. The molecule has 1 aliphatic rings. The van der Waals surface area contributed by atoms with Gasteiger partial charge in [-0.25, -0.2) is 15.0 Å². The summed E-state index contributed by atoms with van der Waals surface area (Å²) >= 11 is 1.20. The summed E-state index contributed by atoms with van der Waals surface area (Å²) in [6.07, 6.45) is -2.93. The minimum absolute atomic E-state index is 0.0788. The van der Waals surface area contributed by atoms with Gasteiger partial charge >= 0.3 is 0 Å². The Labute approximate surface area is 166 Å². The predicted molar refractivity (Wildman–Crippen MR) is 89.7 cm³/mol. The number of phosphoric acid groups is 2. The predicted octanol–water partition coefficient (Wildman–Crippen LogP) is -2.92. The summed E-state index contributed by atoms with van der Waals surface area (Å²) < 4.78 is 36.0. The molecule has 0 aromatic carbocycles. The fourth-order valence-electron chi connectivity index (χ4n) is 2.60. The quantitative estimate of drug-likeness (QED) is 0.208. The van der Waals surface area contributed by atoms with Crippen LogP contribution in [0.4, 0.5) is 5.82 Å². The van der Waals surface area contributed by atoms with E-state index in [0.717, 1.165) is 0 Å². The van der Waals surface area contributed by atoms with E-state index in [1.54, 1.807) is 6.26 Å². The number of imidazole rings is 1. The van der Waals surface area contributed by atoms with E-state index < -0.39 is 46.8 Å². The highest BCUT2D eigenvalue weighted by Crippen LogP contribution is 2.50. The number of hydrogen-bond acceptors (Lipinski definition) is 15. The van der Waals surface area contributed by atoms with Crippen LogP contribution >= 0.6 is 27.4 Å². The Hall–Kier alpha value is -1.16. The Kier molecular flexibility index (Phi) is 6.34. The molecule has 162 valence electrons. The Morgan fingerprint density at radius 1 is 1.31 bits per heavy atom. The van der Waals surface area contributed by atoms with Crippen molar-refractivity contribution >= 4 is 44.4 Å². The van der Waals surface area contributed by atoms with Gasteiger partial charge in [-0.1, -0.05) is 11.8 Å². The molecule has 0 radical (unpaired) electrons. The van der Waals surface area contributed by atoms with Gasteiger partial charge in [0, 0.05) is 0 Å². The summed E-state index contributed by atoms with van der Waals surface area (Å²) in [5.74, 6) is 0.0788. The second-order valence-electron chi connectivity index (χ2n) is 5.74. The van der Waals surface area contributed by atoms with Crippen LogP contribution in [-0.2, 0) is 22.7 Å². The average Bonchev–Trinajstić information content (AvgIpc) is 3.13. The number of aliphatic hydroxyl groups is 2. The van der Waals surface area contributed by atoms with Gasteiger partial charge in [0.15, 0.2) is 22.8 Å². The van der Waals surface area contributed by atoms with Crippen molar-refractivity contribution in [3.63, 3.8) is 0 Å². The molecule has 1 saturated heterocycles. The molecule has 0 spiro atoms. The molecule has 2 unspecified atom stereocenters. The van der Waals surface area contributed by atoms with Crippen molar-refractivity contribution in [2.75, 3.05) is 18.6 Å². The highest BCUT2D eigenvalue weighted by Gasteiger charge is 2.45. The normalized spacial score (nSPS) is 27.4. The largest absolute Gasteiger partial charge is 0.790 e. The Morgan fingerprint density at radius 2 is 2.00 bits per heavy atom. The summed E-state index contributed by atoms with van der Waals surface area (Å²) in [6, 6.07) is 0. The lowest BCUT2D eigenvalue weighted by Gasteiger charge is -2.35. The zero-order valence-corrected chi connectivity index (χ0v) is 17.0. The summed E-state index contributed by atoms with van der Waals surface area (Å²) in [5.41, 5.74) is 6.22. The fourth-order valence-corrected chi connectivity index (χ4v) is 4.47. The van der Waals surface area contributed by atoms with Gasteiger partial charge in [0.05, 0.1) is 20.8 Å². The van der Waals surface area contributed by atoms with E-state index in [1.165, 1.54) is 22.7 Å². The zero-order valence-electron chi connectivity index (χ0n) is 14.4. The van der Waals surface area contributed by atoms with Gasteiger partial charge in [0.1, 0.15) is 23.8 Å². The first-order chi connectivity index (χ1) is 13.4. The van der Waals surface area contributed by atoms with Crippen LogP contribution in [0.2, 0.25) is 0 Å². The number of ether oxygens (including phenoxy) is 1. The van der Waals surface area contributed by atoms with Crippen LogP contribution in [0, 0.1) is 0 Å². The van der Waals surface area contributed by atoms with E-state index in [9.17, 15) is 34.0 Å². The number of nitrogens with two attached hydrogens (primary N) is 1. The van der Waals surface area contributed by atoms with Gasteiger partial charge in [-0.15, -0.1) is 0 Å². The molecule has 0 saturated carbocycles.